The Bertz CT molecular complexity index is 2160. The van der Waals surface area contributed by atoms with Gasteiger partial charge in [-0.1, -0.05) is 299 Å². The number of unbranched alkanes of at least 4 members (excludes halogenated alkanes) is 31. The zero-order chi connectivity index (χ0) is 70.4. The van der Waals surface area contributed by atoms with Crippen LogP contribution in [-0.2, 0) is 65.4 Å². The summed E-state index contributed by atoms with van der Waals surface area (Å²) in [5, 5.41) is 10.6. The molecule has 0 radical (unpaired) electrons. The topological polar surface area (TPSA) is 237 Å². The van der Waals surface area contributed by atoms with E-state index in [1.807, 2.05) is 18.2 Å². The fourth-order valence-corrected chi connectivity index (χ4v) is 11.7. The normalized spacial score (nSPS) is 14.4. The minimum absolute atomic E-state index is 0.0389. The van der Waals surface area contributed by atoms with Gasteiger partial charge in [0.05, 0.1) is 26.4 Å². The van der Waals surface area contributed by atoms with Crippen LogP contribution < -0.4 is 0 Å². The molecule has 17 nitrogen and oxygen atoms in total. The molecule has 5 atom stereocenters. The first-order valence-electron chi connectivity index (χ1n) is 37.8. The summed E-state index contributed by atoms with van der Waals surface area (Å²) >= 11 is 0. The van der Waals surface area contributed by atoms with Crippen molar-refractivity contribution in [3.05, 3.63) is 85.1 Å². The minimum atomic E-state index is -4.98. The van der Waals surface area contributed by atoms with Crippen molar-refractivity contribution >= 4 is 39.5 Å². The third-order valence-electron chi connectivity index (χ3n) is 15.9. The Kier molecular flexibility index (Phi) is 67.0. The Balaban J connectivity index is 5.35. The number of hydrogen-bond donors (Lipinski definition) is 3. The quantitative estimate of drug-likeness (QED) is 0.0169. The number of carbonyl (C=O) groups excluding carboxylic acids is 4. The molecule has 96 heavy (non-hydrogen) atoms. The minimum Gasteiger partial charge on any atom is -0.462 e. The molecule has 0 aromatic heterocycles. The monoisotopic (exact) mass is 1390 g/mol. The number of aliphatic hydroxyl groups is 1. The van der Waals surface area contributed by atoms with E-state index in [1.165, 1.54) is 122 Å². The molecule has 0 aliphatic carbocycles. The van der Waals surface area contributed by atoms with Gasteiger partial charge in [-0.25, -0.2) is 9.13 Å². The molecule has 556 valence electrons. The number of hydrogen-bond acceptors (Lipinski definition) is 15. The summed E-state index contributed by atoms with van der Waals surface area (Å²) in [6.45, 7) is 4.65. The Hall–Kier alpha value is -3.76. The number of esters is 4. The lowest BCUT2D eigenvalue weighted by molar-refractivity contribution is -0.161. The molecule has 0 aliphatic rings. The Morgan fingerprint density at radius 3 is 0.927 bits per heavy atom. The molecular formula is C77H136O17P2. The Labute approximate surface area is 583 Å². The third kappa shape index (κ3) is 68.8. The maximum atomic E-state index is 13.1. The first-order chi connectivity index (χ1) is 46.7. The van der Waals surface area contributed by atoms with Gasteiger partial charge in [0.2, 0.25) is 0 Å². The fourth-order valence-electron chi connectivity index (χ4n) is 10.1. The third-order valence-corrected chi connectivity index (χ3v) is 17.8. The van der Waals surface area contributed by atoms with Crippen LogP contribution in [0.3, 0.4) is 0 Å². The summed E-state index contributed by atoms with van der Waals surface area (Å²) in [5.74, 6) is -2.26. The van der Waals surface area contributed by atoms with Crippen molar-refractivity contribution in [2.75, 3.05) is 39.6 Å². The predicted octanol–water partition coefficient (Wildman–Crippen LogP) is 21.4. The van der Waals surface area contributed by atoms with Crippen molar-refractivity contribution < 1.29 is 80.2 Å². The van der Waals surface area contributed by atoms with E-state index in [0.29, 0.717) is 32.1 Å². The average Bonchev–Trinajstić information content (AvgIpc) is 1.17. The van der Waals surface area contributed by atoms with E-state index in [0.717, 1.165) is 116 Å². The molecule has 0 aliphatic heterocycles. The molecule has 3 N–H and O–H groups in total. The van der Waals surface area contributed by atoms with Gasteiger partial charge in [0.15, 0.2) is 12.2 Å². The van der Waals surface area contributed by atoms with E-state index < -0.39 is 97.5 Å². The summed E-state index contributed by atoms with van der Waals surface area (Å²) < 4.78 is 68.3. The van der Waals surface area contributed by atoms with Crippen LogP contribution in [-0.4, -0.2) is 96.7 Å². The lowest BCUT2D eigenvalue weighted by Crippen LogP contribution is -2.30. The number of carbonyl (C=O) groups is 4. The van der Waals surface area contributed by atoms with Gasteiger partial charge in [-0.2, -0.15) is 0 Å². The van der Waals surface area contributed by atoms with Gasteiger partial charge in [-0.3, -0.25) is 37.3 Å². The number of rotatable bonds is 71. The number of phosphoric acid groups is 2. The molecule has 0 saturated carbocycles. The SMILES string of the molecule is CC/C=C\C/C=C\C/C=C\C/C=C\C/C=C\C/C=C\CCC(=O)OCC(COP(=O)(O)OCC(O)COP(=O)(O)OCC(COC(=O)CCCCCCCCCCCCCCC)OC(=O)CCCCCCC/C=C\CCCC)OC(=O)CCCCCCCCCCCCCCC. The molecule has 0 bridgehead atoms. The highest BCUT2D eigenvalue weighted by atomic mass is 31.2. The number of aliphatic hydroxyl groups excluding tert-OH is 1. The van der Waals surface area contributed by atoms with Gasteiger partial charge in [0.1, 0.15) is 19.3 Å². The van der Waals surface area contributed by atoms with Crippen LogP contribution in [0.5, 0.6) is 0 Å². The van der Waals surface area contributed by atoms with Gasteiger partial charge in [-0.15, -0.1) is 0 Å². The van der Waals surface area contributed by atoms with Crippen molar-refractivity contribution in [3.63, 3.8) is 0 Å². The molecule has 0 heterocycles. The first-order valence-corrected chi connectivity index (χ1v) is 40.8. The van der Waals surface area contributed by atoms with Crippen LogP contribution in [0.4, 0.5) is 0 Å². The Morgan fingerprint density at radius 1 is 0.302 bits per heavy atom. The van der Waals surface area contributed by atoms with Crippen LogP contribution in [0.2, 0.25) is 0 Å². The molecular weight excluding hydrogens is 1260 g/mol. The summed E-state index contributed by atoms with van der Waals surface area (Å²) in [5.41, 5.74) is 0. The molecule has 0 amide bonds. The van der Waals surface area contributed by atoms with Crippen LogP contribution in [0, 0.1) is 0 Å². The van der Waals surface area contributed by atoms with E-state index in [2.05, 4.69) is 94.5 Å². The van der Waals surface area contributed by atoms with Gasteiger partial charge in [0, 0.05) is 25.7 Å². The number of allylic oxidation sites excluding steroid dienone is 14. The molecule has 0 aromatic rings. The van der Waals surface area contributed by atoms with E-state index in [-0.39, 0.29) is 25.7 Å². The maximum absolute atomic E-state index is 13.1. The molecule has 5 unspecified atom stereocenters. The van der Waals surface area contributed by atoms with Crippen molar-refractivity contribution in [1.82, 2.24) is 0 Å². The summed E-state index contributed by atoms with van der Waals surface area (Å²) in [7, 11) is -9.95. The van der Waals surface area contributed by atoms with Crippen LogP contribution >= 0.6 is 15.6 Å². The van der Waals surface area contributed by atoms with Crippen molar-refractivity contribution in [2.24, 2.45) is 0 Å². The zero-order valence-corrected chi connectivity index (χ0v) is 62.3. The van der Waals surface area contributed by atoms with Gasteiger partial charge in [-0.05, 0) is 83.5 Å². The molecule has 0 rings (SSSR count). The highest BCUT2D eigenvalue weighted by molar-refractivity contribution is 7.47. The highest BCUT2D eigenvalue weighted by Crippen LogP contribution is 2.45. The van der Waals surface area contributed by atoms with E-state index in [9.17, 15) is 43.2 Å². The molecule has 0 saturated heterocycles. The van der Waals surface area contributed by atoms with Gasteiger partial charge >= 0.3 is 39.5 Å². The summed E-state index contributed by atoms with van der Waals surface area (Å²) in [4.78, 5) is 72.7. The van der Waals surface area contributed by atoms with Crippen molar-refractivity contribution in [2.45, 2.75) is 341 Å². The van der Waals surface area contributed by atoms with Gasteiger partial charge < -0.3 is 33.8 Å². The predicted molar refractivity (Wildman–Crippen MR) is 390 cm³/mol. The molecule has 0 spiro atoms. The second-order valence-corrected chi connectivity index (χ2v) is 28.1. The second-order valence-electron chi connectivity index (χ2n) is 25.2. The first kappa shape index (κ1) is 92.2. The number of phosphoric ester groups is 2. The summed E-state index contributed by atoms with van der Waals surface area (Å²) in [6.07, 6.45) is 70.3. The van der Waals surface area contributed by atoms with E-state index in [4.69, 9.17) is 37.0 Å². The molecule has 0 aromatic carbocycles. The van der Waals surface area contributed by atoms with Crippen LogP contribution in [0.1, 0.15) is 323 Å². The fraction of sp³-hybridized carbons (Fsp3) is 0.766. The largest absolute Gasteiger partial charge is 0.472 e. The maximum Gasteiger partial charge on any atom is 0.472 e. The lowest BCUT2D eigenvalue weighted by Gasteiger charge is -2.21. The standard InChI is InChI=1S/C77H136O17P2/c1-5-9-13-17-21-25-29-32-33-34-35-36-37-40-43-46-50-54-58-62-75(80)88-68-73(94-77(82)64-60-56-52-48-44-39-31-27-23-19-15-11-7-3)70-92-96(85,86)90-66-71(78)65-89-95(83,84)91-69-72(93-76(81)63-59-55-51-47-41-28-24-20-16-12-8-4)67-87-74(79)61-57-53-49-45-42-38-30-26-22-18-14-10-6-2/h9,13,20-21,24-25,32-33,35-36,40,43,50,54,71-73,78H,5-8,10-12,14-19,22-23,26-31,34,37-39,41-42,44-49,51-53,55-70H2,1-4H3,(H,83,84)(H,85,86)/b13-9-,24-20-,25-21-,33-32-,36-35-,43-40-,54-50-. The lowest BCUT2D eigenvalue weighted by atomic mass is 10.0. The second kappa shape index (κ2) is 69.7. The molecule has 19 heteroatoms. The van der Waals surface area contributed by atoms with Crippen LogP contribution in [0.25, 0.3) is 0 Å². The molecule has 0 fully saturated rings. The van der Waals surface area contributed by atoms with Crippen molar-refractivity contribution in [1.29, 1.82) is 0 Å². The zero-order valence-electron chi connectivity index (χ0n) is 60.5. The Morgan fingerprint density at radius 2 is 0.573 bits per heavy atom. The summed E-state index contributed by atoms with van der Waals surface area (Å²) in [6, 6.07) is 0. The number of ether oxygens (including phenoxy) is 4. The van der Waals surface area contributed by atoms with E-state index in [1.54, 1.807) is 0 Å². The van der Waals surface area contributed by atoms with E-state index >= 15 is 0 Å². The van der Waals surface area contributed by atoms with Crippen molar-refractivity contribution in [3.8, 4) is 0 Å². The average molecular weight is 1400 g/mol. The van der Waals surface area contributed by atoms with Crippen LogP contribution in [0.15, 0.2) is 85.1 Å². The smallest absolute Gasteiger partial charge is 0.462 e. The van der Waals surface area contributed by atoms with Gasteiger partial charge in [0.25, 0.3) is 0 Å². The highest BCUT2D eigenvalue weighted by Gasteiger charge is 2.30.